The van der Waals surface area contributed by atoms with E-state index in [1.165, 1.54) is 12.8 Å². The fourth-order valence-electron chi connectivity index (χ4n) is 2.04. The Kier molecular flexibility index (Phi) is 3.49. The van der Waals surface area contributed by atoms with Crippen molar-refractivity contribution in [3.05, 3.63) is 16.0 Å². The van der Waals surface area contributed by atoms with Crippen LogP contribution in [-0.2, 0) is 0 Å². The average Bonchev–Trinajstić information content (AvgIpc) is 3.09. The summed E-state index contributed by atoms with van der Waals surface area (Å²) in [6, 6.07) is 0. The fourth-order valence-corrected chi connectivity index (χ4v) is 2.43. The molecule has 1 fully saturated rings. The van der Waals surface area contributed by atoms with Gasteiger partial charge in [0.2, 0.25) is 11.9 Å². The van der Waals surface area contributed by atoms with E-state index < -0.39 is 0 Å². The summed E-state index contributed by atoms with van der Waals surface area (Å²) in [6.45, 7) is 2.01. The van der Waals surface area contributed by atoms with Gasteiger partial charge in [0.25, 0.3) is 5.95 Å². The van der Waals surface area contributed by atoms with Crippen molar-refractivity contribution in [3.63, 3.8) is 0 Å². The Balaban J connectivity index is 2.01. The molecule has 3 heterocycles. The van der Waals surface area contributed by atoms with Crippen molar-refractivity contribution < 1.29 is 0 Å². The van der Waals surface area contributed by atoms with Crippen molar-refractivity contribution in [2.24, 2.45) is 0 Å². The molecular weight excluding hydrogens is 357 g/mol. The number of rotatable bonds is 3. The molecule has 1 N–H and O–H groups in total. The number of nitrogens with one attached hydrogen (secondary N) is 1. The first kappa shape index (κ1) is 12.6. The first-order chi connectivity index (χ1) is 9.26. The van der Waals surface area contributed by atoms with Crippen molar-refractivity contribution in [1.29, 1.82) is 0 Å². The molecule has 0 bridgehead atoms. The first-order valence-electron chi connectivity index (χ1n) is 6.15. The lowest BCUT2D eigenvalue weighted by atomic mass is 10.4. The molecule has 0 amide bonds. The zero-order valence-corrected chi connectivity index (χ0v) is 12.7. The van der Waals surface area contributed by atoms with Crippen molar-refractivity contribution in [3.8, 4) is 5.95 Å². The van der Waals surface area contributed by atoms with Crippen LogP contribution in [0.3, 0.4) is 0 Å². The van der Waals surface area contributed by atoms with Crippen LogP contribution in [0.1, 0.15) is 12.8 Å². The second-order valence-electron chi connectivity index (χ2n) is 4.31. The van der Waals surface area contributed by atoms with Gasteiger partial charge < -0.3 is 10.2 Å². The van der Waals surface area contributed by atoms with Crippen LogP contribution in [0.5, 0.6) is 0 Å². The third kappa shape index (κ3) is 2.62. The zero-order valence-electron chi connectivity index (χ0n) is 10.5. The second-order valence-corrected chi connectivity index (χ2v) is 5.55. The first-order valence-corrected chi connectivity index (χ1v) is 7.23. The van der Waals surface area contributed by atoms with Crippen molar-refractivity contribution in [2.75, 3.05) is 30.4 Å². The molecule has 19 heavy (non-hydrogen) atoms. The van der Waals surface area contributed by atoms with Gasteiger partial charge in [0.15, 0.2) is 0 Å². The van der Waals surface area contributed by atoms with Gasteiger partial charge in [0, 0.05) is 26.3 Å². The molecule has 100 valence electrons. The smallest absolute Gasteiger partial charge is 0.257 e. The Bertz CT molecular complexity index is 576. The number of anilines is 2. The topological polar surface area (TPSA) is 71.8 Å². The maximum Gasteiger partial charge on any atom is 0.257 e. The van der Waals surface area contributed by atoms with Crippen LogP contribution in [0.2, 0.25) is 0 Å². The summed E-state index contributed by atoms with van der Waals surface area (Å²) in [5, 5.41) is 7.22. The Morgan fingerprint density at radius 2 is 1.89 bits per heavy atom. The average molecular weight is 371 g/mol. The summed E-state index contributed by atoms with van der Waals surface area (Å²) >= 11 is 2.21. The number of aromatic nitrogens is 5. The quantitative estimate of drug-likeness (QED) is 0.821. The number of hydrogen-bond acceptors (Lipinski definition) is 6. The van der Waals surface area contributed by atoms with E-state index in [0.717, 1.165) is 22.6 Å². The molecular formula is C11H14IN7. The second kappa shape index (κ2) is 5.27. The molecule has 0 unspecified atom stereocenters. The van der Waals surface area contributed by atoms with E-state index in [2.05, 4.69) is 52.9 Å². The highest BCUT2D eigenvalue weighted by atomic mass is 127. The molecule has 1 aliphatic rings. The summed E-state index contributed by atoms with van der Waals surface area (Å²) in [4.78, 5) is 15.4. The molecule has 0 aliphatic carbocycles. The van der Waals surface area contributed by atoms with Crippen LogP contribution in [0.15, 0.2) is 12.4 Å². The third-order valence-electron chi connectivity index (χ3n) is 2.98. The van der Waals surface area contributed by atoms with E-state index in [-0.39, 0.29) is 0 Å². The van der Waals surface area contributed by atoms with Crippen LogP contribution in [-0.4, -0.2) is 44.9 Å². The van der Waals surface area contributed by atoms with E-state index in [1.54, 1.807) is 17.9 Å². The van der Waals surface area contributed by atoms with E-state index in [1.807, 2.05) is 6.20 Å². The predicted octanol–water partition coefficient (Wildman–Crippen LogP) is 1.30. The Labute approximate surface area is 124 Å². The predicted molar refractivity (Wildman–Crippen MR) is 80.7 cm³/mol. The molecule has 0 radical (unpaired) electrons. The minimum Gasteiger partial charge on any atom is -0.357 e. The standard InChI is InChI=1S/C11H14IN7/c1-13-9-15-10(18-4-2-3-5-18)17-11(16-9)19-7-8(12)6-14-19/h6-7H,2-5H2,1H3,(H,13,15,16,17). The molecule has 1 saturated heterocycles. The fraction of sp³-hybridized carbons (Fsp3) is 0.455. The van der Waals surface area contributed by atoms with E-state index in [4.69, 9.17) is 0 Å². The third-order valence-corrected chi connectivity index (χ3v) is 3.54. The highest BCUT2D eigenvalue weighted by Crippen LogP contribution is 2.18. The van der Waals surface area contributed by atoms with Gasteiger partial charge in [-0.2, -0.15) is 20.1 Å². The molecule has 2 aromatic rings. The monoisotopic (exact) mass is 371 g/mol. The Hall–Kier alpha value is -1.45. The Morgan fingerprint density at radius 3 is 2.53 bits per heavy atom. The largest absolute Gasteiger partial charge is 0.357 e. The molecule has 0 spiro atoms. The maximum absolute atomic E-state index is 4.51. The van der Waals surface area contributed by atoms with Gasteiger partial charge in [-0.15, -0.1) is 0 Å². The highest BCUT2D eigenvalue weighted by molar-refractivity contribution is 14.1. The van der Waals surface area contributed by atoms with E-state index in [9.17, 15) is 0 Å². The molecule has 7 nitrogen and oxygen atoms in total. The van der Waals surface area contributed by atoms with Crippen LogP contribution in [0.4, 0.5) is 11.9 Å². The van der Waals surface area contributed by atoms with Crippen LogP contribution < -0.4 is 10.2 Å². The molecule has 8 heteroatoms. The van der Waals surface area contributed by atoms with Crippen LogP contribution in [0.25, 0.3) is 5.95 Å². The lowest BCUT2D eigenvalue weighted by molar-refractivity contribution is 0.780. The van der Waals surface area contributed by atoms with Gasteiger partial charge in [0.1, 0.15) is 0 Å². The van der Waals surface area contributed by atoms with E-state index in [0.29, 0.717) is 11.9 Å². The van der Waals surface area contributed by atoms with Gasteiger partial charge in [-0.05, 0) is 35.4 Å². The zero-order chi connectivity index (χ0) is 13.2. The lowest BCUT2D eigenvalue weighted by Crippen LogP contribution is -2.22. The molecule has 3 rings (SSSR count). The van der Waals surface area contributed by atoms with Gasteiger partial charge in [-0.1, -0.05) is 0 Å². The number of halogens is 1. The maximum atomic E-state index is 4.51. The summed E-state index contributed by atoms with van der Waals surface area (Å²) < 4.78 is 2.72. The molecule has 2 aromatic heterocycles. The molecule has 1 aliphatic heterocycles. The van der Waals surface area contributed by atoms with E-state index >= 15 is 0 Å². The molecule has 0 saturated carbocycles. The SMILES string of the molecule is CNc1nc(N2CCCC2)nc(-n2cc(I)cn2)n1. The van der Waals surface area contributed by atoms with Crippen molar-refractivity contribution in [2.45, 2.75) is 12.8 Å². The van der Waals surface area contributed by atoms with Gasteiger partial charge in [-0.25, -0.2) is 4.68 Å². The van der Waals surface area contributed by atoms with Gasteiger partial charge >= 0.3 is 0 Å². The van der Waals surface area contributed by atoms with Crippen molar-refractivity contribution in [1.82, 2.24) is 24.7 Å². The summed E-state index contributed by atoms with van der Waals surface area (Å²) in [7, 11) is 1.81. The lowest BCUT2D eigenvalue weighted by Gasteiger charge is -2.16. The van der Waals surface area contributed by atoms with Crippen LogP contribution in [0, 0.1) is 3.57 Å². The summed E-state index contributed by atoms with van der Waals surface area (Å²) in [6.07, 6.45) is 6.05. The number of hydrogen-bond donors (Lipinski definition) is 1. The Morgan fingerprint density at radius 1 is 1.16 bits per heavy atom. The van der Waals surface area contributed by atoms with Crippen molar-refractivity contribution >= 4 is 34.5 Å². The summed E-state index contributed by atoms with van der Waals surface area (Å²) in [5.41, 5.74) is 0. The normalized spacial score (nSPS) is 14.9. The van der Waals surface area contributed by atoms with Gasteiger partial charge in [-0.3, -0.25) is 0 Å². The minimum absolute atomic E-state index is 0.546. The van der Waals surface area contributed by atoms with Crippen LogP contribution >= 0.6 is 22.6 Å². The molecule has 0 aromatic carbocycles. The summed E-state index contributed by atoms with van der Waals surface area (Å²) in [5.74, 6) is 1.83. The van der Waals surface area contributed by atoms with Gasteiger partial charge in [0.05, 0.1) is 9.77 Å². The number of nitrogens with zero attached hydrogens (tertiary/aromatic N) is 6. The minimum atomic E-state index is 0.546. The molecule has 0 atom stereocenters. The highest BCUT2D eigenvalue weighted by Gasteiger charge is 2.17.